The van der Waals surface area contributed by atoms with Gasteiger partial charge in [-0.25, -0.2) is 9.59 Å². The summed E-state index contributed by atoms with van der Waals surface area (Å²) in [5.74, 6) is -0.870. The molecule has 1 aliphatic heterocycles. The molecule has 26 heavy (non-hydrogen) atoms. The molecule has 0 unspecified atom stereocenters. The molecule has 0 bridgehead atoms. The monoisotopic (exact) mass is 354 g/mol. The van der Waals surface area contributed by atoms with Gasteiger partial charge in [0.05, 0.1) is 0 Å². The molecule has 0 aromatic heterocycles. The van der Waals surface area contributed by atoms with Gasteiger partial charge >= 0.3 is 12.0 Å². The summed E-state index contributed by atoms with van der Waals surface area (Å²) < 4.78 is 10.8. The van der Waals surface area contributed by atoms with Gasteiger partial charge in [0.2, 0.25) is 0 Å². The quantitative estimate of drug-likeness (QED) is 0.802. The lowest BCUT2D eigenvalue weighted by Gasteiger charge is -2.13. The molecule has 0 atom stereocenters. The molecule has 7 heteroatoms. The molecule has 1 aliphatic rings. The number of carbonyl (C=O) groups excluding carboxylic acids is 3. The number of para-hydroxylation sites is 1. The van der Waals surface area contributed by atoms with Gasteiger partial charge in [-0.2, -0.15) is 0 Å². The predicted octanol–water partition coefficient (Wildman–Crippen LogP) is 1.97. The molecular formula is C19H18N2O5. The lowest BCUT2D eigenvalue weighted by Crippen LogP contribution is -2.37. The van der Waals surface area contributed by atoms with E-state index in [9.17, 15) is 14.4 Å². The molecular weight excluding hydrogens is 336 g/mol. The molecule has 3 rings (SSSR count). The third-order valence-corrected chi connectivity index (χ3v) is 3.83. The van der Waals surface area contributed by atoms with Gasteiger partial charge in [-0.05, 0) is 17.7 Å². The van der Waals surface area contributed by atoms with E-state index in [2.05, 4.69) is 5.32 Å². The average Bonchev–Trinajstić information content (AvgIpc) is 3.11. The van der Waals surface area contributed by atoms with Crippen LogP contribution in [0.5, 0.6) is 5.75 Å². The molecule has 0 aliphatic carbocycles. The van der Waals surface area contributed by atoms with E-state index in [1.54, 1.807) is 24.3 Å². The summed E-state index contributed by atoms with van der Waals surface area (Å²) in [4.78, 5) is 36.7. The Hall–Kier alpha value is -3.35. The third-order valence-electron chi connectivity index (χ3n) is 3.83. The molecule has 7 nitrogen and oxygen atoms in total. The van der Waals surface area contributed by atoms with E-state index < -0.39 is 24.5 Å². The van der Waals surface area contributed by atoms with E-state index in [1.807, 2.05) is 30.3 Å². The number of benzene rings is 2. The number of hydrogen-bond acceptors (Lipinski definition) is 5. The minimum atomic E-state index is -0.679. The van der Waals surface area contributed by atoms with Gasteiger partial charge in [-0.15, -0.1) is 0 Å². The number of carbonyl (C=O) groups is 3. The largest absolute Gasteiger partial charge is 0.488 e. The Morgan fingerprint density at radius 2 is 1.77 bits per heavy atom. The van der Waals surface area contributed by atoms with E-state index in [0.29, 0.717) is 18.9 Å². The highest BCUT2D eigenvalue weighted by Crippen LogP contribution is 2.20. The summed E-state index contributed by atoms with van der Waals surface area (Å²) in [6, 6.07) is 15.7. The first-order chi connectivity index (χ1) is 12.6. The van der Waals surface area contributed by atoms with Crippen LogP contribution in [0.4, 0.5) is 4.79 Å². The van der Waals surface area contributed by atoms with Crippen LogP contribution in [0.1, 0.15) is 15.9 Å². The first-order valence-electron chi connectivity index (χ1n) is 8.16. The molecule has 1 N–H and O–H groups in total. The lowest BCUT2D eigenvalue weighted by atomic mass is 10.2. The van der Waals surface area contributed by atoms with Crippen LogP contribution < -0.4 is 10.1 Å². The minimum Gasteiger partial charge on any atom is -0.488 e. The van der Waals surface area contributed by atoms with Gasteiger partial charge in [0, 0.05) is 13.1 Å². The van der Waals surface area contributed by atoms with Gasteiger partial charge in [-0.1, -0.05) is 42.5 Å². The second kappa shape index (κ2) is 8.15. The first-order valence-corrected chi connectivity index (χ1v) is 8.16. The summed E-state index contributed by atoms with van der Waals surface area (Å²) in [6.45, 7) is 0.470. The maximum Gasteiger partial charge on any atom is 0.342 e. The summed E-state index contributed by atoms with van der Waals surface area (Å²) in [7, 11) is 0. The Labute approximate surface area is 150 Å². The van der Waals surface area contributed by atoms with Crippen LogP contribution in [0, 0.1) is 0 Å². The summed E-state index contributed by atoms with van der Waals surface area (Å²) in [5, 5.41) is 2.52. The van der Waals surface area contributed by atoms with Crippen molar-refractivity contribution in [3.05, 3.63) is 65.7 Å². The standard InChI is InChI=1S/C19H18N2O5/c22-17(21-11-10-20-19(21)24)13-26-18(23)15-8-4-5-9-16(15)25-12-14-6-2-1-3-7-14/h1-9H,10-13H2,(H,20,24). The molecule has 2 aromatic carbocycles. The van der Waals surface area contributed by atoms with E-state index in [4.69, 9.17) is 9.47 Å². The Balaban J connectivity index is 1.60. The fourth-order valence-corrected chi connectivity index (χ4v) is 2.49. The normalized spacial score (nSPS) is 13.2. The average molecular weight is 354 g/mol. The van der Waals surface area contributed by atoms with Crippen molar-refractivity contribution in [2.24, 2.45) is 0 Å². The number of rotatable bonds is 6. The fraction of sp³-hybridized carbons (Fsp3) is 0.211. The third kappa shape index (κ3) is 4.18. The lowest BCUT2D eigenvalue weighted by molar-refractivity contribution is -0.130. The number of ether oxygens (including phenoxy) is 2. The van der Waals surface area contributed by atoms with Gasteiger partial charge in [-0.3, -0.25) is 9.69 Å². The van der Waals surface area contributed by atoms with Crippen molar-refractivity contribution in [3.63, 3.8) is 0 Å². The van der Waals surface area contributed by atoms with E-state index in [-0.39, 0.29) is 12.1 Å². The van der Waals surface area contributed by atoms with Gasteiger partial charge < -0.3 is 14.8 Å². The van der Waals surface area contributed by atoms with Gasteiger partial charge in [0.25, 0.3) is 5.91 Å². The Kier molecular flexibility index (Phi) is 5.48. The van der Waals surface area contributed by atoms with Crippen molar-refractivity contribution in [2.75, 3.05) is 19.7 Å². The molecule has 1 fully saturated rings. The highest BCUT2D eigenvalue weighted by Gasteiger charge is 2.27. The van der Waals surface area contributed by atoms with Gasteiger partial charge in [0.1, 0.15) is 17.9 Å². The fourth-order valence-electron chi connectivity index (χ4n) is 2.49. The van der Waals surface area contributed by atoms with Crippen molar-refractivity contribution < 1.29 is 23.9 Å². The van der Waals surface area contributed by atoms with Crippen molar-refractivity contribution in [1.82, 2.24) is 10.2 Å². The minimum absolute atomic E-state index is 0.224. The highest BCUT2D eigenvalue weighted by atomic mass is 16.5. The number of urea groups is 1. The van der Waals surface area contributed by atoms with Crippen molar-refractivity contribution in [3.8, 4) is 5.75 Å². The van der Waals surface area contributed by atoms with Crippen LogP contribution in [0.3, 0.4) is 0 Å². The number of esters is 1. The van der Waals surface area contributed by atoms with Crippen LogP contribution in [-0.4, -0.2) is 42.5 Å². The Morgan fingerprint density at radius 3 is 2.50 bits per heavy atom. The summed E-state index contributed by atoms with van der Waals surface area (Å²) >= 11 is 0. The Bertz CT molecular complexity index is 807. The summed E-state index contributed by atoms with van der Waals surface area (Å²) in [6.07, 6.45) is 0. The smallest absolute Gasteiger partial charge is 0.342 e. The molecule has 0 spiro atoms. The first kappa shape index (κ1) is 17.5. The number of imide groups is 1. The van der Waals surface area contributed by atoms with Crippen LogP contribution in [0.2, 0.25) is 0 Å². The van der Waals surface area contributed by atoms with E-state index in [0.717, 1.165) is 10.5 Å². The van der Waals surface area contributed by atoms with Crippen molar-refractivity contribution in [1.29, 1.82) is 0 Å². The zero-order valence-corrected chi connectivity index (χ0v) is 14.0. The van der Waals surface area contributed by atoms with Crippen LogP contribution in [0.15, 0.2) is 54.6 Å². The van der Waals surface area contributed by atoms with E-state index >= 15 is 0 Å². The van der Waals surface area contributed by atoms with E-state index in [1.165, 1.54) is 0 Å². The molecule has 134 valence electrons. The second-order valence-electron chi connectivity index (χ2n) is 5.62. The predicted molar refractivity (Wildman–Crippen MR) is 92.6 cm³/mol. The zero-order chi connectivity index (χ0) is 18.4. The van der Waals surface area contributed by atoms with Crippen molar-refractivity contribution in [2.45, 2.75) is 6.61 Å². The molecule has 0 radical (unpaired) electrons. The molecule has 1 saturated heterocycles. The number of nitrogens with one attached hydrogen (secondary N) is 1. The molecule has 1 heterocycles. The summed E-state index contributed by atoms with van der Waals surface area (Å²) in [5.41, 5.74) is 1.19. The maximum atomic E-state index is 12.3. The highest BCUT2D eigenvalue weighted by molar-refractivity contribution is 5.98. The second-order valence-corrected chi connectivity index (χ2v) is 5.62. The topological polar surface area (TPSA) is 84.9 Å². The zero-order valence-electron chi connectivity index (χ0n) is 14.0. The maximum absolute atomic E-state index is 12.3. The Morgan fingerprint density at radius 1 is 1.04 bits per heavy atom. The van der Waals surface area contributed by atoms with Crippen LogP contribution in [-0.2, 0) is 16.1 Å². The molecule has 3 amide bonds. The number of hydrogen-bond donors (Lipinski definition) is 1. The SMILES string of the molecule is O=C(OCC(=O)N1CCNC1=O)c1ccccc1OCc1ccccc1. The number of amides is 3. The van der Waals surface area contributed by atoms with Crippen LogP contribution in [0.25, 0.3) is 0 Å². The molecule has 0 saturated carbocycles. The molecule has 2 aromatic rings. The number of nitrogens with zero attached hydrogens (tertiary/aromatic N) is 1. The van der Waals surface area contributed by atoms with Crippen LogP contribution >= 0.6 is 0 Å². The van der Waals surface area contributed by atoms with Gasteiger partial charge in [0.15, 0.2) is 6.61 Å². The van der Waals surface area contributed by atoms with Crippen molar-refractivity contribution >= 4 is 17.9 Å².